The molecule has 7 nitrogen and oxygen atoms in total. The number of carbonyl (C=O) groups is 2. The molecule has 0 atom stereocenters. The zero-order chi connectivity index (χ0) is 31.4. The van der Waals surface area contributed by atoms with Crippen LogP contribution in [0.5, 0.6) is 5.75 Å². The summed E-state index contributed by atoms with van der Waals surface area (Å²) < 4.78 is 13.1. The highest BCUT2D eigenvalue weighted by Crippen LogP contribution is 2.21. The third kappa shape index (κ3) is 8.40. The van der Waals surface area contributed by atoms with Gasteiger partial charge in [0.05, 0.1) is 13.7 Å². The van der Waals surface area contributed by atoms with Crippen molar-refractivity contribution in [2.75, 3.05) is 33.4 Å². The van der Waals surface area contributed by atoms with Gasteiger partial charge in [0, 0.05) is 50.3 Å². The molecule has 2 amide bonds. The number of benzene rings is 4. The summed E-state index contributed by atoms with van der Waals surface area (Å²) >= 11 is 0. The monoisotopic (exact) mass is 603 g/mol. The molecule has 232 valence electrons. The van der Waals surface area contributed by atoms with Gasteiger partial charge in [-0.05, 0) is 65.6 Å². The predicted molar refractivity (Wildman–Crippen MR) is 178 cm³/mol. The van der Waals surface area contributed by atoms with Crippen molar-refractivity contribution in [1.29, 1.82) is 0 Å². The minimum absolute atomic E-state index is 0.0302. The van der Waals surface area contributed by atoms with Crippen LogP contribution in [-0.4, -0.2) is 59.6 Å². The molecular weight excluding hydrogens is 562 g/mol. The zero-order valence-corrected chi connectivity index (χ0v) is 26.1. The van der Waals surface area contributed by atoms with Gasteiger partial charge in [0.1, 0.15) is 12.3 Å². The summed E-state index contributed by atoms with van der Waals surface area (Å²) in [4.78, 5) is 31.8. The van der Waals surface area contributed by atoms with Crippen molar-refractivity contribution in [2.45, 2.75) is 33.0 Å². The summed E-state index contributed by atoms with van der Waals surface area (Å²) in [5.74, 6) is 0.540. The molecular formula is C38H41N3O4. The van der Waals surface area contributed by atoms with Crippen molar-refractivity contribution >= 4 is 22.6 Å². The molecule has 0 saturated heterocycles. The van der Waals surface area contributed by atoms with Crippen LogP contribution in [-0.2, 0) is 29.2 Å². The summed E-state index contributed by atoms with van der Waals surface area (Å²) in [5.41, 5.74) is 3.73. The molecule has 0 aliphatic heterocycles. The highest BCUT2D eigenvalue weighted by molar-refractivity contribution is 6.07. The van der Waals surface area contributed by atoms with Crippen molar-refractivity contribution in [3.8, 4) is 5.75 Å². The van der Waals surface area contributed by atoms with Crippen LogP contribution >= 0.6 is 0 Å². The van der Waals surface area contributed by atoms with Crippen LogP contribution < -0.4 is 4.74 Å². The lowest BCUT2D eigenvalue weighted by atomic mass is 10.0. The van der Waals surface area contributed by atoms with Gasteiger partial charge in [-0.25, -0.2) is 0 Å². The lowest BCUT2D eigenvalue weighted by molar-refractivity contribution is -0.133. The Bertz CT molecular complexity index is 1690. The van der Waals surface area contributed by atoms with Crippen molar-refractivity contribution in [3.05, 3.63) is 138 Å². The van der Waals surface area contributed by atoms with Gasteiger partial charge in [0.2, 0.25) is 5.91 Å². The van der Waals surface area contributed by atoms with Crippen LogP contribution in [0.4, 0.5) is 0 Å². The number of hydrogen-bond acceptors (Lipinski definition) is 4. The lowest BCUT2D eigenvalue weighted by Crippen LogP contribution is -2.43. The molecule has 5 aromatic rings. The maximum Gasteiger partial charge on any atom is 0.254 e. The molecule has 5 rings (SSSR count). The summed E-state index contributed by atoms with van der Waals surface area (Å²) in [6, 6.07) is 35.6. The highest BCUT2D eigenvalue weighted by Gasteiger charge is 2.24. The number of ether oxygens (including phenoxy) is 2. The smallest absolute Gasteiger partial charge is 0.254 e. The van der Waals surface area contributed by atoms with Crippen LogP contribution in [0, 0.1) is 0 Å². The SMILES string of the molecule is CCOCCCN(CC(=O)N(Cc1ccccc1)Cc1cccn1Cc1cccc(OC)c1)C(=O)c1cccc2ccccc12. The van der Waals surface area contributed by atoms with E-state index in [1.165, 1.54) is 0 Å². The van der Waals surface area contributed by atoms with Gasteiger partial charge in [-0.3, -0.25) is 9.59 Å². The molecule has 1 heterocycles. The standard InChI is InChI=1S/C38H41N3O4/c1-3-45-24-12-23-40(38(43)36-21-10-17-32-16-7-8-20-35(32)36)29-37(42)41(26-30-13-5-4-6-14-30)28-33-18-11-22-39(33)27-31-15-9-19-34(25-31)44-2/h4-11,13-22,25H,3,12,23-24,26-29H2,1-2H3. The molecule has 0 fully saturated rings. The number of hydrogen-bond donors (Lipinski definition) is 0. The third-order valence-corrected chi connectivity index (χ3v) is 7.89. The van der Waals surface area contributed by atoms with Crippen molar-refractivity contribution in [2.24, 2.45) is 0 Å². The van der Waals surface area contributed by atoms with Crippen molar-refractivity contribution in [1.82, 2.24) is 14.4 Å². The van der Waals surface area contributed by atoms with Crippen LogP contribution in [0.25, 0.3) is 10.8 Å². The van der Waals surface area contributed by atoms with Gasteiger partial charge >= 0.3 is 0 Å². The van der Waals surface area contributed by atoms with E-state index < -0.39 is 0 Å². The molecule has 7 heteroatoms. The fourth-order valence-electron chi connectivity index (χ4n) is 5.55. The molecule has 0 spiro atoms. The second-order valence-corrected chi connectivity index (χ2v) is 11.0. The number of rotatable bonds is 15. The van der Waals surface area contributed by atoms with E-state index >= 15 is 0 Å². The molecule has 0 radical (unpaired) electrons. The van der Waals surface area contributed by atoms with Gasteiger partial charge in [0.15, 0.2) is 0 Å². The number of amides is 2. The molecule has 1 aromatic heterocycles. The van der Waals surface area contributed by atoms with Gasteiger partial charge in [0.25, 0.3) is 5.91 Å². The number of nitrogens with zero attached hydrogens (tertiary/aromatic N) is 3. The number of methoxy groups -OCH3 is 1. The fraction of sp³-hybridized carbons (Fsp3) is 0.263. The summed E-state index contributed by atoms with van der Waals surface area (Å²) in [7, 11) is 1.67. The van der Waals surface area contributed by atoms with E-state index in [-0.39, 0.29) is 18.4 Å². The maximum atomic E-state index is 14.2. The maximum absolute atomic E-state index is 14.2. The van der Waals surface area contributed by atoms with Crippen molar-refractivity contribution < 1.29 is 19.1 Å². The predicted octanol–water partition coefficient (Wildman–Crippen LogP) is 6.80. The Morgan fingerprint density at radius 3 is 2.36 bits per heavy atom. The number of fused-ring (bicyclic) bond motifs is 1. The minimum Gasteiger partial charge on any atom is -0.497 e. The molecule has 0 aliphatic rings. The third-order valence-electron chi connectivity index (χ3n) is 7.89. The highest BCUT2D eigenvalue weighted by atomic mass is 16.5. The number of carbonyl (C=O) groups excluding carboxylic acids is 2. The Labute approximate surface area is 265 Å². The Morgan fingerprint density at radius 2 is 1.53 bits per heavy atom. The Hall–Kier alpha value is -4.88. The second kappa shape index (κ2) is 15.7. The molecule has 4 aromatic carbocycles. The quantitative estimate of drug-likeness (QED) is 0.124. The normalized spacial score (nSPS) is 11.0. The van der Waals surface area contributed by atoms with Crippen molar-refractivity contribution in [3.63, 3.8) is 0 Å². The lowest BCUT2D eigenvalue weighted by Gasteiger charge is -2.29. The van der Waals surface area contributed by atoms with Crippen LogP contribution in [0.3, 0.4) is 0 Å². The molecule has 45 heavy (non-hydrogen) atoms. The largest absolute Gasteiger partial charge is 0.497 e. The van der Waals surface area contributed by atoms with Crippen LogP contribution in [0.15, 0.2) is 115 Å². The first-order valence-electron chi connectivity index (χ1n) is 15.5. The molecule has 0 N–H and O–H groups in total. The van der Waals surface area contributed by atoms with E-state index in [0.29, 0.717) is 51.4 Å². The van der Waals surface area contributed by atoms with E-state index in [1.807, 2.05) is 121 Å². The van der Waals surface area contributed by atoms with Crippen LogP contribution in [0.1, 0.15) is 40.5 Å². The Kier molecular flexibility index (Phi) is 11.0. The van der Waals surface area contributed by atoms with E-state index in [0.717, 1.165) is 33.3 Å². The summed E-state index contributed by atoms with van der Waals surface area (Å²) in [6.07, 6.45) is 2.67. The first-order chi connectivity index (χ1) is 22.1. The molecule has 0 bridgehead atoms. The zero-order valence-electron chi connectivity index (χ0n) is 26.1. The minimum atomic E-state index is -0.155. The second-order valence-electron chi connectivity index (χ2n) is 11.0. The Balaban J connectivity index is 1.40. The van der Waals surface area contributed by atoms with Gasteiger partial charge in [-0.2, -0.15) is 0 Å². The van der Waals surface area contributed by atoms with Gasteiger partial charge in [-0.1, -0.05) is 78.9 Å². The Morgan fingerprint density at radius 1 is 0.778 bits per heavy atom. The molecule has 0 aliphatic carbocycles. The molecule has 0 saturated carbocycles. The van der Waals surface area contributed by atoms with E-state index in [9.17, 15) is 9.59 Å². The number of aromatic nitrogens is 1. The fourth-order valence-corrected chi connectivity index (χ4v) is 5.55. The average molecular weight is 604 g/mol. The average Bonchev–Trinajstić information content (AvgIpc) is 3.51. The summed E-state index contributed by atoms with van der Waals surface area (Å²) in [5, 5.41) is 1.87. The van der Waals surface area contributed by atoms with Gasteiger partial charge < -0.3 is 23.8 Å². The molecule has 0 unspecified atom stereocenters. The van der Waals surface area contributed by atoms with E-state index in [1.54, 1.807) is 12.0 Å². The first-order valence-corrected chi connectivity index (χ1v) is 15.5. The van der Waals surface area contributed by atoms with Crippen LogP contribution in [0.2, 0.25) is 0 Å². The van der Waals surface area contributed by atoms with E-state index in [4.69, 9.17) is 9.47 Å². The van der Waals surface area contributed by atoms with Gasteiger partial charge in [-0.15, -0.1) is 0 Å². The first kappa shape index (κ1) is 31.5. The van der Waals surface area contributed by atoms with E-state index in [2.05, 4.69) is 10.6 Å². The topological polar surface area (TPSA) is 64.0 Å². The summed E-state index contributed by atoms with van der Waals surface area (Å²) in [6.45, 7) is 4.95.